The summed E-state index contributed by atoms with van der Waals surface area (Å²) in [5, 5.41) is 17.2. The summed E-state index contributed by atoms with van der Waals surface area (Å²) < 4.78 is 0. The Balaban J connectivity index is 2.82. The topological polar surface area (TPSA) is 134 Å². The number of nitrogens with two attached hydrogens (primary N) is 1. The third-order valence-electron chi connectivity index (χ3n) is 2.11. The average molecular weight is 241 g/mol. The molecule has 0 aromatic carbocycles. The summed E-state index contributed by atoms with van der Waals surface area (Å²) in [6, 6.07) is -1.03. The van der Waals surface area contributed by atoms with E-state index >= 15 is 0 Å². The van der Waals surface area contributed by atoms with Crippen molar-refractivity contribution in [3.05, 3.63) is 5.82 Å². The quantitative estimate of drug-likeness (QED) is 0.569. The minimum Gasteiger partial charge on any atom is -0.480 e. The van der Waals surface area contributed by atoms with Crippen LogP contribution in [-0.4, -0.2) is 38.2 Å². The summed E-state index contributed by atoms with van der Waals surface area (Å²) in [5.74, 6) is -1.95. The molecule has 0 saturated heterocycles. The van der Waals surface area contributed by atoms with Gasteiger partial charge in [0.05, 0.1) is 0 Å². The molecule has 0 radical (unpaired) electrons. The molecule has 5 N–H and O–H groups in total. The number of carboxylic acid groups (broad SMARTS) is 1. The fraction of sp³-hybridized carbons (Fsp3) is 0.556. The van der Waals surface area contributed by atoms with Crippen molar-refractivity contribution in [2.75, 3.05) is 5.73 Å². The SMILES string of the molecule is CC(C)(C)[C@H](NC(=O)c1nc(N)n[nH]1)C(=O)O. The van der Waals surface area contributed by atoms with Crippen molar-refractivity contribution < 1.29 is 14.7 Å². The highest BCUT2D eigenvalue weighted by atomic mass is 16.4. The first-order chi connectivity index (χ1) is 7.71. The highest BCUT2D eigenvalue weighted by molar-refractivity contribution is 5.93. The molecule has 0 aliphatic rings. The zero-order valence-corrected chi connectivity index (χ0v) is 9.81. The molecule has 0 spiro atoms. The van der Waals surface area contributed by atoms with E-state index in [2.05, 4.69) is 20.5 Å². The van der Waals surface area contributed by atoms with Gasteiger partial charge < -0.3 is 16.2 Å². The maximum Gasteiger partial charge on any atom is 0.326 e. The number of aromatic amines is 1. The van der Waals surface area contributed by atoms with Gasteiger partial charge in [0.25, 0.3) is 5.91 Å². The van der Waals surface area contributed by atoms with Crippen molar-refractivity contribution in [3.63, 3.8) is 0 Å². The van der Waals surface area contributed by atoms with Crippen LogP contribution in [-0.2, 0) is 4.79 Å². The summed E-state index contributed by atoms with van der Waals surface area (Å²) in [4.78, 5) is 26.3. The fourth-order valence-electron chi connectivity index (χ4n) is 1.22. The fourth-order valence-corrected chi connectivity index (χ4v) is 1.22. The molecule has 1 rings (SSSR count). The van der Waals surface area contributed by atoms with Crippen LogP contribution in [0.3, 0.4) is 0 Å². The van der Waals surface area contributed by atoms with Crippen LogP contribution in [0, 0.1) is 5.41 Å². The van der Waals surface area contributed by atoms with Crippen molar-refractivity contribution in [2.45, 2.75) is 26.8 Å². The first kappa shape index (κ1) is 12.9. The van der Waals surface area contributed by atoms with Crippen LogP contribution in [0.1, 0.15) is 31.4 Å². The second-order valence-corrected chi connectivity index (χ2v) is 4.65. The summed E-state index contributed by atoms with van der Waals surface area (Å²) in [7, 11) is 0. The molecule has 0 saturated carbocycles. The molecule has 0 bridgehead atoms. The van der Waals surface area contributed by atoms with E-state index in [1.54, 1.807) is 20.8 Å². The molecule has 8 nitrogen and oxygen atoms in total. The number of anilines is 1. The highest BCUT2D eigenvalue weighted by Crippen LogP contribution is 2.19. The van der Waals surface area contributed by atoms with Crippen LogP contribution >= 0.6 is 0 Å². The lowest BCUT2D eigenvalue weighted by atomic mass is 9.87. The Kier molecular flexibility index (Phi) is 3.35. The number of amides is 1. The lowest BCUT2D eigenvalue weighted by Crippen LogP contribution is -2.49. The summed E-state index contributed by atoms with van der Waals surface area (Å²) in [6.07, 6.45) is 0. The van der Waals surface area contributed by atoms with Crippen molar-refractivity contribution in [1.29, 1.82) is 0 Å². The van der Waals surface area contributed by atoms with Crippen LogP contribution in [0.25, 0.3) is 0 Å². The molecular formula is C9H15N5O3. The van der Waals surface area contributed by atoms with Crippen LogP contribution < -0.4 is 11.1 Å². The third kappa shape index (κ3) is 3.16. The van der Waals surface area contributed by atoms with Gasteiger partial charge in [0.2, 0.25) is 11.8 Å². The lowest BCUT2D eigenvalue weighted by molar-refractivity contribution is -0.142. The third-order valence-corrected chi connectivity index (χ3v) is 2.11. The molecule has 1 aromatic rings. The second kappa shape index (κ2) is 4.40. The first-order valence-corrected chi connectivity index (χ1v) is 4.93. The van der Waals surface area contributed by atoms with Gasteiger partial charge in [-0.2, -0.15) is 4.98 Å². The Morgan fingerprint density at radius 3 is 2.41 bits per heavy atom. The molecule has 1 amide bonds. The van der Waals surface area contributed by atoms with Crippen molar-refractivity contribution in [2.24, 2.45) is 5.41 Å². The number of nitrogens with zero attached hydrogens (tertiary/aromatic N) is 2. The van der Waals surface area contributed by atoms with E-state index in [0.717, 1.165) is 0 Å². The van der Waals surface area contributed by atoms with Crippen LogP contribution in [0.2, 0.25) is 0 Å². The van der Waals surface area contributed by atoms with Gasteiger partial charge in [0, 0.05) is 0 Å². The minimum atomic E-state index is -1.11. The Morgan fingerprint density at radius 1 is 1.47 bits per heavy atom. The molecule has 1 atom stereocenters. The number of carbonyl (C=O) groups is 2. The first-order valence-electron chi connectivity index (χ1n) is 4.93. The van der Waals surface area contributed by atoms with Gasteiger partial charge in [-0.3, -0.25) is 9.89 Å². The number of hydrogen-bond acceptors (Lipinski definition) is 5. The van der Waals surface area contributed by atoms with Gasteiger partial charge in [-0.15, -0.1) is 5.10 Å². The van der Waals surface area contributed by atoms with Crippen molar-refractivity contribution in [3.8, 4) is 0 Å². The number of aromatic nitrogens is 3. The Morgan fingerprint density at radius 2 is 2.06 bits per heavy atom. The second-order valence-electron chi connectivity index (χ2n) is 4.65. The zero-order chi connectivity index (χ0) is 13.2. The van der Waals surface area contributed by atoms with E-state index in [1.807, 2.05) is 0 Å². The van der Waals surface area contributed by atoms with Gasteiger partial charge in [0.1, 0.15) is 6.04 Å². The van der Waals surface area contributed by atoms with Gasteiger partial charge >= 0.3 is 5.97 Å². The van der Waals surface area contributed by atoms with Crippen molar-refractivity contribution in [1.82, 2.24) is 20.5 Å². The van der Waals surface area contributed by atoms with Gasteiger partial charge in [-0.25, -0.2) is 4.79 Å². The van der Waals surface area contributed by atoms with E-state index in [1.165, 1.54) is 0 Å². The Labute approximate surface area is 97.6 Å². The van der Waals surface area contributed by atoms with Gasteiger partial charge in [0.15, 0.2) is 0 Å². The molecule has 17 heavy (non-hydrogen) atoms. The number of aliphatic carboxylic acids is 1. The molecular weight excluding hydrogens is 226 g/mol. The predicted molar refractivity (Wildman–Crippen MR) is 59.1 cm³/mol. The van der Waals surface area contributed by atoms with Crippen LogP contribution in [0.5, 0.6) is 0 Å². The minimum absolute atomic E-state index is 0.0715. The van der Waals surface area contributed by atoms with E-state index in [4.69, 9.17) is 10.8 Å². The molecule has 0 aliphatic heterocycles. The lowest BCUT2D eigenvalue weighted by Gasteiger charge is -2.27. The summed E-state index contributed by atoms with van der Waals surface area (Å²) in [5.41, 5.74) is 4.63. The molecule has 0 unspecified atom stereocenters. The number of carbonyl (C=O) groups excluding carboxylic acids is 1. The standard InChI is InChI=1S/C9H15N5O3/c1-9(2,3)4(7(16)17)11-6(15)5-12-8(10)14-13-5/h4H,1-3H3,(H,11,15)(H,16,17)(H3,10,12,13,14)/t4-/m1/s1. The smallest absolute Gasteiger partial charge is 0.326 e. The summed E-state index contributed by atoms with van der Waals surface area (Å²) in [6.45, 7) is 5.13. The molecule has 1 heterocycles. The average Bonchev–Trinajstić information content (AvgIpc) is 2.58. The van der Waals surface area contributed by atoms with Crippen LogP contribution in [0.4, 0.5) is 5.95 Å². The molecule has 94 valence electrons. The van der Waals surface area contributed by atoms with Gasteiger partial charge in [-0.1, -0.05) is 20.8 Å². The number of nitrogens with one attached hydrogen (secondary N) is 2. The Bertz CT molecular complexity index is 434. The van der Waals surface area contributed by atoms with E-state index < -0.39 is 23.3 Å². The number of nitrogen functional groups attached to an aromatic ring is 1. The normalized spacial score (nSPS) is 13.1. The molecule has 1 aromatic heterocycles. The number of carboxylic acids is 1. The summed E-state index contributed by atoms with van der Waals surface area (Å²) >= 11 is 0. The van der Waals surface area contributed by atoms with Crippen LogP contribution in [0.15, 0.2) is 0 Å². The monoisotopic (exact) mass is 241 g/mol. The van der Waals surface area contributed by atoms with Gasteiger partial charge in [-0.05, 0) is 5.41 Å². The zero-order valence-electron chi connectivity index (χ0n) is 9.81. The predicted octanol–water partition coefficient (Wildman–Crippen LogP) is -0.384. The van der Waals surface area contributed by atoms with Crippen molar-refractivity contribution >= 4 is 17.8 Å². The molecule has 8 heteroatoms. The molecule has 0 aliphatic carbocycles. The number of H-pyrrole nitrogens is 1. The largest absolute Gasteiger partial charge is 0.480 e. The maximum atomic E-state index is 11.7. The highest BCUT2D eigenvalue weighted by Gasteiger charge is 2.33. The number of rotatable bonds is 3. The van der Waals surface area contributed by atoms with E-state index in [0.29, 0.717) is 0 Å². The Hall–Kier alpha value is -2.12. The number of hydrogen-bond donors (Lipinski definition) is 4. The van der Waals surface area contributed by atoms with E-state index in [9.17, 15) is 9.59 Å². The maximum absolute atomic E-state index is 11.7. The van der Waals surface area contributed by atoms with E-state index in [-0.39, 0.29) is 11.8 Å². The molecule has 0 fully saturated rings.